The first-order valence-corrected chi connectivity index (χ1v) is 5.87. The summed E-state index contributed by atoms with van der Waals surface area (Å²) in [5.74, 6) is 0.241. The van der Waals surface area contributed by atoms with Gasteiger partial charge in [-0.1, -0.05) is 37.3 Å². The molecule has 1 unspecified atom stereocenters. The van der Waals surface area contributed by atoms with Gasteiger partial charge in [-0.05, 0) is 18.5 Å². The van der Waals surface area contributed by atoms with E-state index < -0.39 is 0 Å². The number of hydrogen-bond acceptors (Lipinski definition) is 2. The molecule has 0 bridgehead atoms. The van der Waals surface area contributed by atoms with Crippen LogP contribution in [0.2, 0.25) is 0 Å². The van der Waals surface area contributed by atoms with E-state index in [1.807, 2.05) is 30.0 Å². The Kier molecular flexibility index (Phi) is 3.57. The Morgan fingerprint density at radius 1 is 1.38 bits per heavy atom. The molecule has 0 spiro atoms. The number of carbonyl (C=O) groups excluding carboxylic acids is 1. The number of amides is 1. The monoisotopic (exact) mass is 218 g/mol. The molecule has 1 fully saturated rings. The summed E-state index contributed by atoms with van der Waals surface area (Å²) in [6, 6.07) is 10.2. The summed E-state index contributed by atoms with van der Waals surface area (Å²) in [5.41, 5.74) is 1.20. The predicted octanol–water partition coefficient (Wildman–Crippen LogP) is 1.40. The molecule has 3 heteroatoms. The van der Waals surface area contributed by atoms with Gasteiger partial charge in [-0.15, -0.1) is 0 Å². The van der Waals surface area contributed by atoms with E-state index in [1.54, 1.807) is 0 Å². The maximum Gasteiger partial charge on any atom is 0.240 e. The van der Waals surface area contributed by atoms with Crippen LogP contribution in [0.15, 0.2) is 30.3 Å². The Hall–Kier alpha value is -1.35. The molecule has 1 atom stereocenters. The maximum absolute atomic E-state index is 12.0. The molecule has 0 radical (unpaired) electrons. The second-order valence-corrected chi connectivity index (χ2v) is 4.14. The van der Waals surface area contributed by atoms with Gasteiger partial charge in [0.25, 0.3) is 0 Å². The van der Waals surface area contributed by atoms with E-state index in [4.69, 9.17) is 0 Å². The van der Waals surface area contributed by atoms with E-state index in [0.717, 1.165) is 26.1 Å². The Balaban J connectivity index is 1.95. The van der Waals surface area contributed by atoms with Gasteiger partial charge in [0.2, 0.25) is 5.91 Å². The minimum atomic E-state index is 0.0358. The molecule has 1 amide bonds. The molecule has 0 aliphatic carbocycles. The lowest BCUT2D eigenvalue weighted by Gasteiger charge is -2.16. The first kappa shape index (κ1) is 11.1. The van der Waals surface area contributed by atoms with E-state index in [2.05, 4.69) is 17.4 Å². The van der Waals surface area contributed by atoms with Crippen LogP contribution < -0.4 is 5.32 Å². The van der Waals surface area contributed by atoms with Crippen LogP contribution in [0.25, 0.3) is 0 Å². The van der Waals surface area contributed by atoms with Crippen LogP contribution in [-0.2, 0) is 11.3 Å². The lowest BCUT2D eigenvalue weighted by Crippen LogP contribution is -2.37. The number of benzene rings is 1. The van der Waals surface area contributed by atoms with Crippen molar-refractivity contribution in [1.82, 2.24) is 10.2 Å². The Morgan fingerprint density at radius 3 is 2.81 bits per heavy atom. The summed E-state index contributed by atoms with van der Waals surface area (Å²) in [6.45, 7) is 4.50. The van der Waals surface area contributed by atoms with Crippen LogP contribution in [0.4, 0.5) is 0 Å². The first-order chi connectivity index (χ1) is 7.81. The second-order valence-electron chi connectivity index (χ2n) is 4.14. The molecular weight excluding hydrogens is 200 g/mol. The third kappa shape index (κ3) is 2.42. The Labute approximate surface area is 96.5 Å². The number of nitrogens with one attached hydrogen (secondary N) is 1. The summed E-state index contributed by atoms with van der Waals surface area (Å²) >= 11 is 0. The van der Waals surface area contributed by atoms with Gasteiger partial charge in [0.1, 0.15) is 0 Å². The Morgan fingerprint density at radius 2 is 2.12 bits per heavy atom. The van der Waals surface area contributed by atoms with Crippen LogP contribution in [0.5, 0.6) is 0 Å². The zero-order valence-corrected chi connectivity index (χ0v) is 9.65. The maximum atomic E-state index is 12.0. The van der Waals surface area contributed by atoms with Crippen LogP contribution in [0.3, 0.4) is 0 Å². The largest absolute Gasteiger partial charge is 0.337 e. The number of rotatable bonds is 4. The molecule has 2 rings (SSSR count). The quantitative estimate of drug-likeness (QED) is 0.828. The van der Waals surface area contributed by atoms with Crippen molar-refractivity contribution in [2.45, 2.75) is 25.9 Å². The molecule has 1 saturated heterocycles. The average Bonchev–Trinajstić information content (AvgIpc) is 2.64. The zero-order valence-electron chi connectivity index (χ0n) is 9.65. The standard InChI is InChI=1S/C13H18N2O/c1-2-14-12-8-9-15(13(12)16)10-11-6-4-3-5-7-11/h3-7,12,14H,2,8-10H2,1H3. The molecule has 1 aliphatic heterocycles. The number of hydrogen-bond donors (Lipinski definition) is 1. The van der Waals surface area contributed by atoms with Crippen molar-refractivity contribution in [3.63, 3.8) is 0 Å². The van der Waals surface area contributed by atoms with Gasteiger partial charge < -0.3 is 10.2 Å². The number of likely N-dealkylation sites (N-methyl/N-ethyl adjacent to an activating group) is 1. The fraction of sp³-hybridized carbons (Fsp3) is 0.462. The smallest absolute Gasteiger partial charge is 0.240 e. The normalized spacial score (nSPS) is 20.4. The molecule has 1 aromatic rings. The van der Waals surface area contributed by atoms with Gasteiger partial charge in [0.15, 0.2) is 0 Å². The first-order valence-electron chi connectivity index (χ1n) is 5.87. The van der Waals surface area contributed by atoms with Crippen molar-refractivity contribution in [3.8, 4) is 0 Å². The zero-order chi connectivity index (χ0) is 11.4. The number of carbonyl (C=O) groups is 1. The van der Waals surface area contributed by atoms with Crippen LogP contribution in [-0.4, -0.2) is 29.9 Å². The van der Waals surface area contributed by atoms with Gasteiger partial charge in [-0.25, -0.2) is 0 Å². The van der Waals surface area contributed by atoms with E-state index >= 15 is 0 Å². The van der Waals surface area contributed by atoms with Gasteiger partial charge in [0, 0.05) is 13.1 Å². The second kappa shape index (κ2) is 5.12. The summed E-state index contributed by atoms with van der Waals surface area (Å²) in [6.07, 6.45) is 0.930. The molecule has 86 valence electrons. The highest BCUT2D eigenvalue weighted by atomic mass is 16.2. The van der Waals surface area contributed by atoms with Crippen molar-refractivity contribution >= 4 is 5.91 Å². The molecule has 1 N–H and O–H groups in total. The van der Waals surface area contributed by atoms with E-state index in [1.165, 1.54) is 5.56 Å². The minimum Gasteiger partial charge on any atom is -0.337 e. The summed E-state index contributed by atoms with van der Waals surface area (Å²) in [5, 5.41) is 3.22. The minimum absolute atomic E-state index is 0.0358. The third-order valence-electron chi connectivity index (χ3n) is 2.96. The van der Waals surface area contributed by atoms with Crippen LogP contribution in [0.1, 0.15) is 18.9 Å². The molecule has 1 aromatic carbocycles. The highest BCUT2D eigenvalue weighted by Gasteiger charge is 2.30. The van der Waals surface area contributed by atoms with Gasteiger partial charge in [-0.2, -0.15) is 0 Å². The molecule has 3 nitrogen and oxygen atoms in total. The fourth-order valence-corrected chi connectivity index (χ4v) is 2.14. The molecular formula is C13H18N2O. The highest BCUT2D eigenvalue weighted by Crippen LogP contribution is 2.14. The van der Waals surface area contributed by atoms with Crippen molar-refractivity contribution in [2.75, 3.05) is 13.1 Å². The van der Waals surface area contributed by atoms with E-state index in [0.29, 0.717) is 0 Å². The molecule has 1 heterocycles. The van der Waals surface area contributed by atoms with Crippen LogP contribution in [0, 0.1) is 0 Å². The fourth-order valence-electron chi connectivity index (χ4n) is 2.14. The lowest BCUT2D eigenvalue weighted by molar-refractivity contribution is -0.129. The third-order valence-corrected chi connectivity index (χ3v) is 2.96. The van der Waals surface area contributed by atoms with Crippen molar-refractivity contribution < 1.29 is 4.79 Å². The predicted molar refractivity (Wildman–Crippen MR) is 63.9 cm³/mol. The topological polar surface area (TPSA) is 32.3 Å². The number of nitrogens with zero attached hydrogens (tertiary/aromatic N) is 1. The van der Waals surface area contributed by atoms with Crippen molar-refractivity contribution in [1.29, 1.82) is 0 Å². The number of likely N-dealkylation sites (tertiary alicyclic amines) is 1. The van der Waals surface area contributed by atoms with Crippen molar-refractivity contribution in [2.24, 2.45) is 0 Å². The van der Waals surface area contributed by atoms with Crippen LogP contribution >= 0.6 is 0 Å². The van der Waals surface area contributed by atoms with E-state index in [-0.39, 0.29) is 11.9 Å². The average molecular weight is 218 g/mol. The summed E-state index contributed by atoms with van der Waals surface area (Å²) in [4.78, 5) is 13.9. The molecule has 1 aliphatic rings. The SMILES string of the molecule is CCNC1CCN(Cc2ccccc2)C1=O. The van der Waals surface area contributed by atoms with Gasteiger partial charge in [-0.3, -0.25) is 4.79 Å². The molecule has 0 saturated carbocycles. The van der Waals surface area contributed by atoms with Gasteiger partial charge in [0.05, 0.1) is 6.04 Å². The van der Waals surface area contributed by atoms with E-state index in [9.17, 15) is 4.79 Å². The highest BCUT2D eigenvalue weighted by molar-refractivity contribution is 5.83. The summed E-state index contributed by atoms with van der Waals surface area (Å²) < 4.78 is 0. The Bertz CT molecular complexity index is 350. The van der Waals surface area contributed by atoms with Crippen molar-refractivity contribution in [3.05, 3.63) is 35.9 Å². The van der Waals surface area contributed by atoms with Gasteiger partial charge >= 0.3 is 0 Å². The lowest BCUT2D eigenvalue weighted by atomic mass is 10.2. The summed E-state index contributed by atoms with van der Waals surface area (Å²) in [7, 11) is 0. The molecule has 16 heavy (non-hydrogen) atoms. The molecule has 0 aromatic heterocycles.